The Morgan fingerprint density at radius 3 is 3.13 bits per heavy atom. The van der Waals surface area contributed by atoms with Crippen molar-refractivity contribution in [2.45, 2.75) is 13.5 Å². The highest BCUT2D eigenvalue weighted by atomic mass is 32.1. The number of rotatable bonds is 6. The van der Waals surface area contributed by atoms with Gasteiger partial charge in [0.1, 0.15) is 5.01 Å². The Morgan fingerprint density at radius 2 is 2.53 bits per heavy atom. The van der Waals surface area contributed by atoms with Crippen LogP contribution in [-0.4, -0.2) is 24.0 Å². The minimum Gasteiger partial charge on any atom is -0.352 e. The first-order valence-electron chi connectivity index (χ1n) is 4.71. The molecule has 0 aliphatic rings. The van der Waals surface area contributed by atoms with Crippen LogP contribution in [0.25, 0.3) is 0 Å². The van der Waals surface area contributed by atoms with Gasteiger partial charge in [-0.2, -0.15) is 0 Å². The Labute approximate surface area is 93.4 Å². The van der Waals surface area contributed by atoms with Gasteiger partial charge in [-0.05, 0) is 6.92 Å². The number of aromatic nitrogens is 1. The van der Waals surface area contributed by atoms with Crippen LogP contribution in [0.4, 0.5) is 0 Å². The minimum atomic E-state index is -0.0248. The van der Waals surface area contributed by atoms with E-state index in [0.717, 1.165) is 10.7 Å². The molecule has 0 saturated carbocycles. The van der Waals surface area contributed by atoms with Gasteiger partial charge >= 0.3 is 0 Å². The summed E-state index contributed by atoms with van der Waals surface area (Å²) in [4.78, 5) is 15.4. The fourth-order valence-corrected chi connectivity index (χ4v) is 1.76. The Morgan fingerprint density at radius 1 is 1.73 bits per heavy atom. The lowest BCUT2D eigenvalue weighted by molar-refractivity contribution is -0.120. The van der Waals surface area contributed by atoms with E-state index in [1.54, 1.807) is 17.4 Å². The van der Waals surface area contributed by atoms with Gasteiger partial charge in [0.15, 0.2) is 0 Å². The number of aryl methyl sites for hydroxylation is 1. The number of hydrogen-bond acceptors (Lipinski definition) is 4. The molecule has 0 aliphatic carbocycles. The quantitative estimate of drug-likeness (QED) is 0.706. The van der Waals surface area contributed by atoms with E-state index in [1.165, 1.54) is 0 Å². The summed E-state index contributed by atoms with van der Waals surface area (Å²) in [5.74, 6) is -0.0248. The van der Waals surface area contributed by atoms with Crippen molar-refractivity contribution in [1.29, 1.82) is 0 Å². The van der Waals surface area contributed by atoms with Crippen LogP contribution in [0.5, 0.6) is 0 Å². The fourth-order valence-electron chi connectivity index (χ4n) is 1.02. The molecule has 4 nitrogen and oxygen atoms in total. The number of carbonyl (C=O) groups is 1. The molecule has 0 radical (unpaired) electrons. The monoisotopic (exact) mass is 225 g/mol. The summed E-state index contributed by atoms with van der Waals surface area (Å²) in [6, 6.07) is 0. The Balaban J connectivity index is 2.16. The van der Waals surface area contributed by atoms with E-state index in [4.69, 9.17) is 0 Å². The van der Waals surface area contributed by atoms with E-state index >= 15 is 0 Å². The summed E-state index contributed by atoms with van der Waals surface area (Å²) < 4.78 is 0. The number of thiazole rings is 1. The second kappa shape index (κ2) is 6.31. The molecular formula is C10H15N3OS. The molecular weight excluding hydrogens is 210 g/mol. The molecule has 5 heteroatoms. The van der Waals surface area contributed by atoms with Crippen LogP contribution in [0.3, 0.4) is 0 Å². The Hall–Kier alpha value is -1.20. The van der Waals surface area contributed by atoms with E-state index in [1.807, 2.05) is 12.3 Å². The molecule has 0 fully saturated rings. The third kappa shape index (κ3) is 4.71. The van der Waals surface area contributed by atoms with Crippen LogP contribution in [0.15, 0.2) is 18.0 Å². The number of hydrogen-bond donors (Lipinski definition) is 2. The molecule has 1 aromatic rings. The highest BCUT2D eigenvalue weighted by Crippen LogP contribution is 2.07. The largest absolute Gasteiger partial charge is 0.352 e. The lowest BCUT2D eigenvalue weighted by atomic mass is 10.5. The van der Waals surface area contributed by atoms with Crippen molar-refractivity contribution < 1.29 is 4.79 Å². The molecule has 0 unspecified atom stereocenters. The lowest BCUT2D eigenvalue weighted by Crippen LogP contribution is -2.33. The molecule has 2 N–H and O–H groups in total. The Bertz CT molecular complexity index is 335. The van der Waals surface area contributed by atoms with Crippen LogP contribution >= 0.6 is 11.3 Å². The summed E-state index contributed by atoms with van der Waals surface area (Å²) in [5, 5.41) is 8.71. The number of amides is 1. The second-order valence-electron chi connectivity index (χ2n) is 3.08. The van der Waals surface area contributed by atoms with E-state index < -0.39 is 0 Å². The standard InChI is InChI=1S/C10H15N3OS/c1-3-4-12-9(14)5-11-6-10-13-8(2)7-15-10/h3,7,11H,1,4-6H2,2H3,(H,12,14). The van der Waals surface area contributed by atoms with Gasteiger partial charge in [0.05, 0.1) is 6.54 Å². The molecule has 15 heavy (non-hydrogen) atoms. The first-order valence-corrected chi connectivity index (χ1v) is 5.59. The predicted molar refractivity (Wildman–Crippen MR) is 61.8 cm³/mol. The smallest absolute Gasteiger partial charge is 0.234 e. The fraction of sp³-hybridized carbons (Fsp3) is 0.400. The van der Waals surface area contributed by atoms with Crippen LogP contribution in [-0.2, 0) is 11.3 Å². The molecule has 0 bridgehead atoms. The van der Waals surface area contributed by atoms with Gasteiger partial charge in [-0.15, -0.1) is 17.9 Å². The summed E-state index contributed by atoms with van der Waals surface area (Å²) in [6.07, 6.45) is 1.65. The topological polar surface area (TPSA) is 54.0 Å². The average molecular weight is 225 g/mol. The van der Waals surface area contributed by atoms with Gasteiger partial charge < -0.3 is 10.6 Å². The maximum absolute atomic E-state index is 11.2. The summed E-state index contributed by atoms with van der Waals surface area (Å²) in [6.45, 7) is 6.94. The van der Waals surface area contributed by atoms with E-state index in [-0.39, 0.29) is 5.91 Å². The first-order chi connectivity index (χ1) is 7.22. The first kappa shape index (κ1) is 11.9. The van der Waals surface area contributed by atoms with E-state index in [9.17, 15) is 4.79 Å². The molecule has 1 aromatic heterocycles. The second-order valence-corrected chi connectivity index (χ2v) is 4.02. The van der Waals surface area contributed by atoms with Crippen molar-refractivity contribution in [2.75, 3.05) is 13.1 Å². The molecule has 1 amide bonds. The van der Waals surface area contributed by atoms with Crippen LogP contribution in [0, 0.1) is 6.92 Å². The SMILES string of the molecule is C=CCNC(=O)CNCc1nc(C)cs1. The maximum Gasteiger partial charge on any atom is 0.234 e. The molecule has 1 rings (SSSR count). The van der Waals surface area contributed by atoms with Crippen LogP contribution in [0.2, 0.25) is 0 Å². The lowest BCUT2D eigenvalue weighted by Gasteiger charge is -2.02. The molecule has 0 aromatic carbocycles. The van der Waals surface area contributed by atoms with Crippen LogP contribution in [0.1, 0.15) is 10.7 Å². The van der Waals surface area contributed by atoms with Crippen molar-refractivity contribution in [1.82, 2.24) is 15.6 Å². The zero-order valence-electron chi connectivity index (χ0n) is 8.75. The molecule has 0 spiro atoms. The minimum absolute atomic E-state index is 0.0248. The van der Waals surface area contributed by atoms with Gasteiger partial charge in [0, 0.05) is 24.2 Å². The Kier molecular flexibility index (Phi) is 5.00. The molecule has 1 heterocycles. The zero-order valence-corrected chi connectivity index (χ0v) is 9.56. The van der Waals surface area contributed by atoms with Gasteiger partial charge in [0.25, 0.3) is 0 Å². The highest BCUT2D eigenvalue weighted by Gasteiger charge is 2.01. The predicted octanol–water partition coefficient (Wildman–Crippen LogP) is 0.843. The van der Waals surface area contributed by atoms with Gasteiger partial charge in [-0.1, -0.05) is 6.08 Å². The van der Waals surface area contributed by atoms with Gasteiger partial charge in [0.2, 0.25) is 5.91 Å². The highest BCUT2D eigenvalue weighted by molar-refractivity contribution is 7.09. The van der Waals surface area contributed by atoms with Crippen LogP contribution < -0.4 is 10.6 Å². The molecule has 82 valence electrons. The summed E-state index contributed by atoms with van der Waals surface area (Å²) in [7, 11) is 0. The number of nitrogens with zero attached hydrogens (tertiary/aromatic N) is 1. The normalized spacial score (nSPS) is 9.93. The average Bonchev–Trinajstić information content (AvgIpc) is 2.61. The van der Waals surface area contributed by atoms with E-state index in [2.05, 4.69) is 22.2 Å². The van der Waals surface area contributed by atoms with Crippen molar-refractivity contribution >= 4 is 17.2 Å². The summed E-state index contributed by atoms with van der Waals surface area (Å²) >= 11 is 1.60. The molecule has 0 atom stereocenters. The van der Waals surface area contributed by atoms with E-state index in [0.29, 0.717) is 19.6 Å². The number of carbonyl (C=O) groups excluding carboxylic acids is 1. The summed E-state index contributed by atoms with van der Waals surface area (Å²) in [5.41, 5.74) is 1.02. The van der Waals surface area contributed by atoms with Crippen molar-refractivity contribution in [3.63, 3.8) is 0 Å². The van der Waals surface area contributed by atoms with Gasteiger partial charge in [-0.3, -0.25) is 4.79 Å². The van der Waals surface area contributed by atoms with Gasteiger partial charge in [-0.25, -0.2) is 4.98 Å². The molecule has 0 saturated heterocycles. The third-order valence-corrected chi connectivity index (χ3v) is 2.64. The third-order valence-electron chi connectivity index (χ3n) is 1.67. The number of nitrogens with one attached hydrogen (secondary N) is 2. The van der Waals surface area contributed by atoms with Crippen molar-refractivity contribution in [3.8, 4) is 0 Å². The maximum atomic E-state index is 11.2. The zero-order chi connectivity index (χ0) is 11.1. The van der Waals surface area contributed by atoms with Crippen molar-refractivity contribution in [2.24, 2.45) is 0 Å². The van der Waals surface area contributed by atoms with Crippen molar-refractivity contribution in [3.05, 3.63) is 28.7 Å². The molecule has 0 aliphatic heterocycles.